The first-order chi connectivity index (χ1) is 15.7. The van der Waals surface area contributed by atoms with E-state index in [2.05, 4.69) is 35.8 Å². The Labute approximate surface area is 192 Å². The zero-order chi connectivity index (χ0) is 22.2. The lowest BCUT2D eigenvalue weighted by molar-refractivity contribution is -0.123. The first kappa shape index (κ1) is 21.8. The number of benzene rings is 3. The van der Waals surface area contributed by atoms with E-state index in [4.69, 9.17) is 9.72 Å². The van der Waals surface area contributed by atoms with Gasteiger partial charge in [-0.2, -0.15) is 0 Å². The fourth-order valence-electron chi connectivity index (χ4n) is 3.40. The molecule has 0 radical (unpaired) electrons. The predicted octanol–water partition coefficient (Wildman–Crippen LogP) is 6.12. The summed E-state index contributed by atoms with van der Waals surface area (Å²) in [4.78, 5) is 17.0. The summed E-state index contributed by atoms with van der Waals surface area (Å²) in [7, 11) is 0. The second-order valence-corrected chi connectivity index (χ2v) is 8.42. The van der Waals surface area contributed by atoms with E-state index in [1.54, 1.807) is 11.3 Å². The van der Waals surface area contributed by atoms with Crippen molar-refractivity contribution in [3.8, 4) is 27.6 Å². The molecule has 0 bridgehead atoms. The minimum Gasteiger partial charge on any atom is -0.484 e. The van der Waals surface area contributed by atoms with E-state index in [1.807, 2.05) is 60.7 Å². The van der Waals surface area contributed by atoms with Gasteiger partial charge in [0.2, 0.25) is 0 Å². The first-order valence-corrected chi connectivity index (χ1v) is 11.7. The number of aromatic nitrogens is 1. The molecule has 0 saturated heterocycles. The zero-order valence-corrected chi connectivity index (χ0v) is 18.9. The highest BCUT2D eigenvalue weighted by molar-refractivity contribution is 7.13. The second kappa shape index (κ2) is 10.7. The number of carbonyl (C=O) groups excluding carboxylic acids is 1. The van der Waals surface area contributed by atoms with Gasteiger partial charge in [0, 0.05) is 23.1 Å². The molecular weight excluding hydrogens is 416 g/mol. The molecule has 0 saturated carbocycles. The smallest absolute Gasteiger partial charge is 0.258 e. The Morgan fingerprint density at radius 3 is 2.50 bits per heavy atom. The highest BCUT2D eigenvalue weighted by Crippen LogP contribution is 2.29. The largest absolute Gasteiger partial charge is 0.484 e. The lowest BCUT2D eigenvalue weighted by Gasteiger charge is -2.09. The summed E-state index contributed by atoms with van der Waals surface area (Å²) in [5.74, 6) is 0.564. The van der Waals surface area contributed by atoms with Crippen LogP contribution in [-0.4, -0.2) is 17.5 Å². The average molecular weight is 443 g/mol. The molecule has 5 heteroatoms. The van der Waals surface area contributed by atoms with E-state index in [0.29, 0.717) is 12.3 Å². The number of nitrogens with zero attached hydrogens (tertiary/aromatic N) is 1. The monoisotopic (exact) mass is 442 g/mol. The van der Waals surface area contributed by atoms with Crippen LogP contribution >= 0.6 is 11.3 Å². The number of ether oxygens (including phenoxy) is 1. The van der Waals surface area contributed by atoms with Crippen molar-refractivity contribution in [2.24, 2.45) is 0 Å². The summed E-state index contributed by atoms with van der Waals surface area (Å²) < 4.78 is 5.61. The van der Waals surface area contributed by atoms with Gasteiger partial charge in [0.25, 0.3) is 5.91 Å². The molecule has 1 amide bonds. The molecule has 4 rings (SSSR count). The van der Waals surface area contributed by atoms with Crippen LogP contribution in [0, 0.1) is 0 Å². The van der Waals surface area contributed by atoms with Crippen LogP contribution in [0.4, 0.5) is 0 Å². The van der Waals surface area contributed by atoms with E-state index in [1.165, 1.54) is 5.56 Å². The third kappa shape index (κ3) is 5.83. The summed E-state index contributed by atoms with van der Waals surface area (Å²) >= 11 is 1.62. The quantitative estimate of drug-likeness (QED) is 0.339. The van der Waals surface area contributed by atoms with Gasteiger partial charge in [-0.1, -0.05) is 74.0 Å². The summed E-state index contributed by atoms with van der Waals surface area (Å²) in [6.07, 6.45) is 2.16. The van der Waals surface area contributed by atoms with Crippen LogP contribution in [0.15, 0.2) is 84.2 Å². The zero-order valence-electron chi connectivity index (χ0n) is 18.1. The maximum absolute atomic E-state index is 12.2. The van der Waals surface area contributed by atoms with Crippen LogP contribution in [0.25, 0.3) is 21.8 Å². The summed E-state index contributed by atoms with van der Waals surface area (Å²) in [6, 6.07) is 26.2. The molecule has 4 aromatic rings. The lowest BCUT2D eigenvalue weighted by atomic mass is 10.1. The normalized spacial score (nSPS) is 10.7. The van der Waals surface area contributed by atoms with E-state index in [0.717, 1.165) is 40.2 Å². The molecule has 0 atom stereocenters. The summed E-state index contributed by atoms with van der Waals surface area (Å²) in [5.41, 5.74) is 5.44. The molecule has 4 nitrogen and oxygen atoms in total. The first-order valence-electron chi connectivity index (χ1n) is 10.8. The van der Waals surface area contributed by atoms with Crippen LogP contribution in [0.3, 0.4) is 0 Å². The molecule has 162 valence electrons. The molecule has 0 fully saturated rings. The minimum atomic E-state index is -0.145. The van der Waals surface area contributed by atoms with Crippen LogP contribution < -0.4 is 10.1 Å². The standard InChI is InChI=1S/C27H26N2O2S/c1-2-7-20-12-14-24(15-13-20)31-18-26(30)28-17-21-8-6-11-23(16-21)27-29-25(19-32-27)22-9-4-3-5-10-22/h3-6,8-16,19H,2,7,17-18H2,1H3,(H,28,30). The van der Waals surface area contributed by atoms with E-state index in [-0.39, 0.29) is 12.5 Å². The SMILES string of the molecule is CCCc1ccc(OCC(=O)NCc2cccc(-c3nc(-c4ccccc4)cs3)c2)cc1. The molecule has 0 aliphatic rings. The van der Waals surface area contributed by atoms with Crippen molar-refractivity contribution >= 4 is 17.2 Å². The third-order valence-corrected chi connectivity index (χ3v) is 5.96. The van der Waals surface area contributed by atoms with Gasteiger partial charge in [-0.3, -0.25) is 4.79 Å². The van der Waals surface area contributed by atoms with Crippen molar-refractivity contribution in [1.29, 1.82) is 0 Å². The Hall–Kier alpha value is -3.44. The Bertz CT molecular complexity index is 1150. The number of rotatable bonds is 9. The molecule has 0 aliphatic heterocycles. The van der Waals surface area contributed by atoms with Crippen LogP contribution in [0.2, 0.25) is 0 Å². The Balaban J connectivity index is 1.31. The molecule has 0 aliphatic carbocycles. The maximum Gasteiger partial charge on any atom is 0.258 e. The fourth-order valence-corrected chi connectivity index (χ4v) is 4.23. The molecule has 0 unspecified atom stereocenters. The number of amides is 1. The Morgan fingerprint density at radius 2 is 1.72 bits per heavy atom. The lowest BCUT2D eigenvalue weighted by Crippen LogP contribution is -2.28. The van der Waals surface area contributed by atoms with E-state index >= 15 is 0 Å². The van der Waals surface area contributed by atoms with Gasteiger partial charge >= 0.3 is 0 Å². The fraction of sp³-hybridized carbons (Fsp3) is 0.185. The Kier molecular flexibility index (Phi) is 7.31. The number of aryl methyl sites for hydroxylation is 1. The molecule has 1 aromatic heterocycles. The van der Waals surface area contributed by atoms with Crippen LogP contribution in [0.1, 0.15) is 24.5 Å². The van der Waals surface area contributed by atoms with Gasteiger partial charge in [0.15, 0.2) is 6.61 Å². The van der Waals surface area contributed by atoms with Crippen molar-refractivity contribution in [3.05, 3.63) is 95.4 Å². The summed E-state index contributed by atoms with van der Waals surface area (Å²) in [5, 5.41) is 5.97. The van der Waals surface area contributed by atoms with Gasteiger partial charge in [0.05, 0.1) is 5.69 Å². The molecule has 3 aromatic carbocycles. The van der Waals surface area contributed by atoms with Crippen molar-refractivity contribution in [1.82, 2.24) is 10.3 Å². The highest BCUT2D eigenvalue weighted by atomic mass is 32.1. The Morgan fingerprint density at radius 1 is 0.938 bits per heavy atom. The van der Waals surface area contributed by atoms with Crippen LogP contribution in [-0.2, 0) is 17.8 Å². The van der Waals surface area contributed by atoms with Gasteiger partial charge in [-0.05, 0) is 35.7 Å². The minimum absolute atomic E-state index is 0.000267. The predicted molar refractivity (Wildman–Crippen MR) is 131 cm³/mol. The number of thiazole rings is 1. The van der Waals surface area contributed by atoms with Gasteiger partial charge in [-0.25, -0.2) is 4.98 Å². The van der Waals surface area contributed by atoms with Crippen LogP contribution in [0.5, 0.6) is 5.75 Å². The van der Waals surface area contributed by atoms with Gasteiger partial charge in [-0.15, -0.1) is 11.3 Å². The molecule has 1 heterocycles. The number of carbonyl (C=O) groups is 1. The number of nitrogens with one attached hydrogen (secondary N) is 1. The summed E-state index contributed by atoms with van der Waals surface area (Å²) in [6.45, 7) is 2.60. The van der Waals surface area contributed by atoms with Gasteiger partial charge < -0.3 is 10.1 Å². The van der Waals surface area contributed by atoms with Crippen molar-refractivity contribution in [2.45, 2.75) is 26.3 Å². The second-order valence-electron chi connectivity index (χ2n) is 7.56. The van der Waals surface area contributed by atoms with E-state index in [9.17, 15) is 4.79 Å². The topological polar surface area (TPSA) is 51.2 Å². The molecule has 32 heavy (non-hydrogen) atoms. The molecule has 1 N–H and O–H groups in total. The third-order valence-electron chi connectivity index (χ3n) is 5.07. The number of hydrogen-bond donors (Lipinski definition) is 1. The average Bonchev–Trinajstić information content (AvgIpc) is 3.34. The van der Waals surface area contributed by atoms with Crippen molar-refractivity contribution in [3.63, 3.8) is 0 Å². The highest BCUT2D eigenvalue weighted by Gasteiger charge is 2.08. The van der Waals surface area contributed by atoms with Gasteiger partial charge in [0.1, 0.15) is 10.8 Å². The van der Waals surface area contributed by atoms with Crippen molar-refractivity contribution < 1.29 is 9.53 Å². The molecular formula is C27H26N2O2S. The van der Waals surface area contributed by atoms with E-state index < -0.39 is 0 Å². The molecule has 0 spiro atoms. The van der Waals surface area contributed by atoms with Crippen molar-refractivity contribution in [2.75, 3.05) is 6.61 Å². The number of hydrogen-bond acceptors (Lipinski definition) is 4. The maximum atomic E-state index is 12.2.